The number of para-hydroxylation sites is 1. The molecule has 0 aromatic heterocycles. The van der Waals surface area contributed by atoms with Gasteiger partial charge in [-0.25, -0.2) is 4.79 Å². The van der Waals surface area contributed by atoms with Gasteiger partial charge in [0.1, 0.15) is 0 Å². The Morgan fingerprint density at radius 1 is 1.20 bits per heavy atom. The Hall–Kier alpha value is -1.59. The van der Waals surface area contributed by atoms with Gasteiger partial charge in [0.15, 0.2) is 0 Å². The van der Waals surface area contributed by atoms with E-state index in [1.54, 1.807) is 12.1 Å². The van der Waals surface area contributed by atoms with Crippen LogP contribution in [0.15, 0.2) is 24.3 Å². The lowest BCUT2D eigenvalue weighted by Gasteiger charge is -2.48. The van der Waals surface area contributed by atoms with Gasteiger partial charge in [0.05, 0.1) is 5.56 Å². The molecule has 1 aliphatic carbocycles. The van der Waals surface area contributed by atoms with Crippen LogP contribution in [0.2, 0.25) is 0 Å². The Morgan fingerprint density at radius 3 is 2.44 bits per heavy atom. The van der Waals surface area contributed by atoms with Gasteiger partial charge in [-0.05, 0) is 63.5 Å². The molecular weight excluding hydrogens is 316 g/mol. The first-order chi connectivity index (χ1) is 12.0. The Bertz CT molecular complexity index is 588. The van der Waals surface area contributed by atoms with E-state index >= 15 is 0 Å². The molecule has 25 heavy (non-hydrogen) atoms. The molecule has 2 fully saturated rings. The molecule has 2 aliphatic rings. The van der Waals surface area contributed by atoms with Crippen LogP contribution < -0.4 is 5.32 Å². The second-order valence-electron chi connectivity index (χ2n) is 7.88. The molecule has 0 amide bonds. The van der Waals surface area contributed by atoms with Crippen LogP contribution in [0.4, 0.5) is 5.69 Å². The number of nitrogens with one attached hydrogen (secondary N) is 1. The molecule has 0 radical (unpaired) electrons. The second-order valence-corrected chi connectivity index (χ2v) is 7.88. The summed E-state index contributed by atoms with van der Waals surface area (Å²) >= 11 is 0. The predicted molar refractivity (Wildman–Crippen MR) is 99.1 cm³/mol. The van der Waals surface area contributed by atoms with Crippen LogP contribution in [-0.4, -0.2) is 52.4 Å². The zero-order valence-electron chi connectivity index (χ0n) is 15.1. The van der Waals surface area contributed by atoms with Crippen LogP contribution >= 0.6 is 0 Å². The van der Waals surface area contributed by atoms with E-state index in [0.29, 0.717) is 24.1 Å². The number of carbonyl (C=O) groups is 1. The van der Waals surface area contributed by atoms with Gasteiger partial charge < -0.3 is 15.5 Å². The van der Waals surface area contributed by atoms with Gasteiger partial charge in [-0.1, -0.05) is 12.1 Å². The first-order valence-corrected chi connectivity index (χ1v) is 9.46. The summed E-state index contributed by atoms with van der Waals surface area (Å²) in [6, 6.07) is 7.48. The summed E-state index contributed by atoms with van der Waals surface area (Å²) < 4.78 is 0. The van der Waals surface area contributed by atoms with Gasteiger partial charge >= 0.3 is 5.97 Å². The second kappa shape index (κ2) is 7.75. The third-order valence-corrected chi connectivity index (χ3v) is 6.22. The van der Waals surface area contributed by atoms with E-state index < -0.39 is 5.97 Å². The summed E-state index contributed by atoms with van der Waals surface area (Å²) in [6.07, 6.45) is 6.64. The standard InChI is InChI=1S/C20H30N2O3/c1-20(10-6-15(14-23)7-11-20)22-12-8-16(9-13-22)21-18-5-3-2-4-17(18)19(24)25/h2-5,15-16,21,23H,6-14H2,1H3,(H,24,25). The first-order valence-electron chi connectivity index (χ1n) is 9.46. The number of anilines is 1. The van der Waals surface area contributed by atoms with Gasteiger partial charge in [-0.2, -0.15) is 0 Å². The molecule has 0 bridgehead atoms. The Balaban J connectivity index is 1.55. The minimum absolute atomic E-state index is 0.260. The molecule has 5 nitrogen and oxygen atoms in total. The average Bonchev–Trinajstić information content (AvgIpc) is 2.63. The lowest BCUT2D eigenvalue weighted by atomic mass is 9.76. The van der Waals surface area contributed by atoms with E-state index in [-0.39, 0.29) is 5.54 Å². The zero-order chi connectivity index (χ0) is 17.9. The first kappa shape index (κ1) is 18.2. The van der Waals surface area contributed by atoms with Gasteiger partial charge in [0.2, 0.25) is 0 Å². The van der Waals surface area contributed by atoms with Crippen LogP contribution in [0.3, 0.4) is 0 Å². The zero-order valence-corrected chi connectivity index (χ0v) is 15.1. The summed E-state index contributed by atoms with van der Waals surface area (Å²) in [6.45, 7) is 4.79. The summed E-state index contributed by atoms with van der Waals surface area (Å²) in [4.78, 5) is 14.0. The van der Waals surface area contributed by atoms with Crippen molar-refractivity contribution in [2.75, 3.05) is 25.0 Å². The normalized spacial score (nSPS) is 28.6. The van der Waals surface area contributed by atoms with Crippen molar-refractivity contribution in [2.24, 2.45) is 5.92 Å². The highest BCUT2D eigenvalue weighted by atomic mass is 16.4. The predicted octanol–water partition coefficient (Wildman–Crippen LogP) is 3.20. The number of piperidine rings is 1. The molecule has 3 rings (SSSR count). The Morgan fingerprint density at radius 2 is 1.84 bits per heavy atom. The van der Waals surface area contributed by atoms with Crippen LogP contribution in [0, 0.1) is 5.92 Å². The maximum absolute atomic E-state index is 11.3. The number of aromatic carboxylic acids is 1. The highest BCUT2D eigenvalue weighted by Crippen LogP contribution is 2.37. The molecule has 1 aromatic carbocycles. The monoisotopic (exact) mass is 346 g/mol. The number of hydrogen-bond acceptors (Lipinski definition) is 4. The average molecular weight is 346 g/mol. The van der Waals surface area contributed by atoms with E-state index in [0.717, 1.165) is 57.3 Å². The minimum atomic E-state index is -0.881. The molecular formula is C20H30N2O3. The van der Waals surface area contributed by atoms with Crippen LogP contribution in [0.25, 0.3) is 0 Å². The SMILES string of the molecule is CC1(N2CCC(Nc3ccccc3C(=O)O)CC2)CCC(CO)CC1. The quantitative estimate of drug-likeness (QED) is 0.763. The number of aliphatic hydroxyl groups is 1. The van der Waals surface area contributed by atoms with Crippen LogP contribution in [0.1, 0.15) is 55.8 Å². The number of aliphatic hydroxyl groups excluding tert-OH is 1. The maximum Gasteiger partial charge on any atom is 0.337 e. The van der Waals surface area contributed by atoms with E-state index in [1.807, 2.05) is 12.1 Å². The molecule has 0 unspecified atom stereocenters. The van der Waals surface area contributed by atoms with Crippen molar-refractivity contribution >= 4 is 11.7 Å². The summed E-state index contributed by atoms with van der Waals surface area (Å²) in [5.41, 5.74) is 1.33. The van der Waals surface area contributed by atoms with Crippen molar-refractivity contribution in [1.82, 2.24) is 4.90 Å². The van der Waals surface area contributed by atoms with Crippen molar-refractivity contribution in [2.45, 2.75) is 57.0 Å². The summed E-state index contributed by atoms with van der Waals surface area (Å²) in [5.74, 6) is -0.395. The lowest BCUT2D eigenvalue weighted by Crippen LogP contribution is -2.53. The topological polar surface area (TPSA) is 72.8 Å². The van der Waals surface area contributed by atoms with E-state index in [4.69, 9.17) is 0 Å². The largest absolute Gasteiger partial charge is 0.478 e. The molecule has 138 valence electrons. The number of nitrogens with zero attached hydrogens (tertiary/aromatic N) is 1. The van der Waals surface area contributed by atoms with Crippen molar-refractivity contribution in [3.8, 4) is 0 Å². The molecule has 1 aromatic rings. The number of rotatable bonds is 5. The van der Waals surface area contributed by atoms with Crippen LogP contribution in [0.5, 0.6) is 0 Å². The molecule has 0 spiro atoms. The van der Waals surface area contributed by atoms with Gasteiger partial charge in [-0.15, -0.1) is 0 Å². The number of carboxylic acids is 1. The van der Waals surface area contributed by atoms with Crippen molar-refractivity contribution in [3.63, 3.8) is 0 Å². The number of hydrogen-bond donors (Lipinski definition) is 3. The maximum atomic E-state index is 11.3. The van der Waals surface area contributed by atoms with Crippen molar-refractivity contribution in [1.29, 1.82) is 0 Å². The molecule has 1 saturated heterocycles. The van der Waals surface area contributed by atoms with E-state index in [1.165, 1.54) is 0 Å². The molecule has 5 heteroatoms. The Kier molecular flexibility index (Phi) is 5.64. The number of likely N-dealkylation sites (tertiary alicyclic amines) is 1. The number of benzene rings is 1. The fraction of sp³-hybridized carbons (Fsp3) is 0.650. The number of carboxylic acid groups (broad SMARTS) is 1. The molecule has 1 heterocycles. The third-order valence-electron chi connectivity index (χ3n) is 6.22. The smallest absolute Gasteiger partial charge is 0.337 e. The highest BCUT2D eigenvalue weighted by molar-refractivity contribution is 5.94. The summed E-state index contributed by atoms with van der Waals surface area (Å²) in [7, 11) is 0. The fourth-order valence-electron chi connectivity index (χ4n) is 4.38. The van der Waals surface area contributed by atoms with E-state index in [2.05, 4.69) is 17.1 Å². The highest BCUT2D eigenvalue weighted by Gasteiger charge is 2.37. The molecule has 1 saturated carbocycles. The van der Waals surface area contributed by atoms with E-state index in [9.17, 15) is 15.0 Å². The van der Waals surface area contributed by atoms with Crippen molar-refractivity contribution in [3.05, 3.63) is 29.8 Å². The third kappa shape index (κ3) is 4.15. The van der Waals surface area contributed by atoms with Gasteiger partial charge in [0, 0.05) is 37.0 Å². The van der Waals surface area contributed by atoms with Gasteiger partial charge in [-0.3, -0.25) is 4.90 Å². The van der Waals surface area contributed by atoms with Crippen LogP contribution in [-0.2, 0) is 0 Å². The Labute approximate surface area is 150 Å². The fourth-order valence-corrected chi connectivity index (χ4v) is 4.38. The van der Waals surface area contributed by atoms with Crippen molar-refractivity contribution < 1.29 is 15.0 Å². The lowest BCUT2D eigenvalue weighted by molar-refractivity contribution is 0.0239. The molecule has 3 N–H and O–H groups in total. The van der Waals surface area contributed by atoms with Gasteiger partial charge in [0.25, 0.3) is 0 Å². The summed E-state index contributed by atoms with van der Waals surface area (Å²) in [5, 5.41) is 22.1. The molecule has 0 atom stereocenters. The minimum Gasteiger partial charge on any atom is -0.478 e. The molecule has 1 aliphatic heterocycles.